The number of phenols is 5. The van der Waals surface area contributed by atoms with Crippen molar-refractivity contribution in [2.24, 2.45) is 0 Å². The van der Waals surface area contributed by atoms with Crippen molar-refractivity contribution in [1.82, 2.24) is 0 Å². The van der Waals surface area contributed by atoms with Gasteiger partial charge in [0.15, 0.2) is 11.5 Å². The van der Waals surface area contributed by atoms with E-state index in [9.17, 15) is 25.5 Å². The zero-order valence-corrected chi connectivity index (χ0v) is 29.2. The minimum Gasteiger partial charge on any atom is -0.503 e. The number of hydrogen-bond donors (Lipinski definition) is 5. The summed E-state index contributed by atoms with van der Waals surface area (Å²) in [4.78, 5) is 1.66. The maximum atomic E-state index is 11.6. The highest BCUT2D eigenvalue weighted by molar-refractivity contribution is 6.29. The van der Waals surface area contributed by atoms with Crippen LogP contribution in [-0.2, 0) is 5.41 Å². The van der Waals surface area contributed by atoms with E-state index in [0.717, 1.165) is 54.6 Å². The maximum Gasteiger partial charge on any atom is 0.208 e. The van der Waals surface area contributed by atoms with Crippen molar-refractivity contribution in [2.75, 3.05) is 4.90 Å². The molecule has 0 bridgehead atoms. The molecule has 0 unspecified atom stereocenters. The molecule has 0 heterocycles. The van der Waals surface area contributed by atoms with Crippen LogP contribution < -0.4 is 4.90 Å². The first kappa shape index (κ1) is 31.1. The van der Waals surface area contributed by atoms with Crippen molar-refractivity contribution in [2.45, 2.75) is 5.41 Å². The van der Waals surface area contributed by atoms with Crippen molar-refractivity contribution < 1.29 is 25.5 Å². The van der Waals surface area contributed by atoms with Crippen LogP contribution in [0.3, 0.4) is 0 Å². The molecule has 2 aliphatic rings. The Hall–Kier alpha value is -7.44. The molecule has 0 atom stereocenters. The quantitative estimate of drug-likeness (QED) is 0.0709. The van der Waals surface area contributed by atoms with E-state index < -0.39 is 34.2 Å². The van der Waals surface area contributed by atoms with E-state index in [1.54, 1.807) is 4.90 Å². The number of rotatable bonds is 3. The van der Waals surface area contributed by atoms with E-state index in [2.05, 4.69) is 103 Å². The topological polar surface area (TPSA) is 104 Å². The number of benzene rings is 9. The number of aromatic hydroxyl groups is 5. The molecule has 2 aliphatic carbocycles. The number of hydrogen-bond acceptors (Lipinski definition) is 6. The fraction of sp³-hybridized carbons (Fsp3) is 0.0204. The lowest BCUT2D eigenvalue weighted by molar-refractivity contribution is 0.329. The predicted octanol–water partition coefficient (Wildman–Crippen LogP) is 11.5. The zero-order chi connectivity index (χ0) is 37.2. The molecule has 0 fully saturated rings. The summed E-state index contributed by atoms with van der Waals surface area (Å²) in [7, 11) is 0. The fourth-order valence-electron chi connectivity index (χ4n) is 9.62. The first-order valence-electron chi connectivity index (χ1n) is 18.2. The van der Waals surface area contributed by atoms with Crippen LogP contribution in [0, 0.1) is 0 Å². The van der Waals surface area contributed by atoms with Gasteiger partial charge in [-0.1, -0.05) is 140 Å². The van der Waals surface area contributed by atoms with Crippen LogP contribution in [0.5, 0.6) is 28.7 Å². The van der Waals surface area contributed by atoms with E-state index in [0.29, 0.717) is 11.4 Å². The zero-order valence-electron chi connectivity index (χ0n) is 29.2. The molecule has 5 N–H and O–H groups in total. The van der Waals surface area contributed by atoms with E-state index in [4.69, 9.17) is 0 Å². The molecule has 0 radical (unpaired) electrons. The Morgan fingerprint density at radius 2 is 0.745 bits per heavy atom. The number of anilines is 3. The SMILES string of the molecule is Oc1c(O)c(O)c(N(c2ccc3c(c2)-c2ccccc2C32c3ccccc3-c3ccccc32)c2cccc3c4ccccc4c4ccccc4c23)c(O)c1O. The van der Waals surface area contributed by atoms with E-state index in [1.807, 2.05) is 54.6 Å². The van der Waals surface area contributed by atoms with Gasteiger partial charge >= 0.3 is 0 Å². The third kappa shape index (κ3) is 3.87. The summed E-state index contributed by atoms with van der Waals surface area (Å²) in [5.74, 6) is -4.49. The maximum absolute atomic E-state index is 11.6. The summed E-state index contributed by atoms with van der Waals surface area (Å²) in [5, 5.41) is 61.6. The summed E-state index contributed by atoms with van der Waals surface area (Å²) in [6.07, 6.45) is 0. The normalized spacial score (nSPS) is 13.2. The highest BCUT2D eigenvalue weighted by atomic mass is 16.4. The highest BCUT2D eigenvalue weighted by Gasteiger charge is 2.51. The smallest absolute Gasteiger partial charge is 0.208 e. The lowest BCUT2D eigenvalue weighted by Crippen LogP contribution is -2.25. The van der Waals surface area contributed by atoms with Gasteiger partial charge in [0.05, 0.1) is 11.1 Å². The van der Waals surface area contributed by atoms with Crippen LogP contribution in [-0.4, -0.2) is 25.5 Å². The first-order valence-corrected chi connectivity index (χ1v) is 18.2. The summed E-state index contributed by atoms with van der Waals surface area (Å²) in [5.41, 5.74) is 9.27. The van der Waals surface area contributed by atoms with Gasteiger partial charge in [-0.2, -0.15) is 0 Å². The number of nitrogens with zero attached hydrogens (tertiary/aromatic N) is 1. The standard InChI is InChI=1S/C49H31NO5/c51-44-43(45(52)47(54)48(55)46(44)53)50(41-23-11-19-35-30-13-2-1-12-28(30)29-14-3-4-18-34(29)42(35)41)27-24-25-40-36(26-27)33-17-7-10-22-39(33)49(40)37-20-8-5-15-31(37)32-16-6-9-21-38(32)49/h1-26,51-55H. The van der Waals surface area contributed by atoms with E-state index in [-0.39, 0.29) is 5.69 Å². The van der Waals surface area contributed by atoms with Gasteiger partial charge in [0.2, 0.25) is 17.2 Å². The van der Waals surface area contributed by atoms with Gasteiger partial charge in [0.1, 0.15) is 5.69 Å². The number of phenolic OH excluding ortho intramolecular Hbond substituents is 5. The van der Waals surface area contributed by atoms with Crippen LogP contribution >= 0.6 is 0 Å². The molecule has 262 valence electrons. The Kier molecular flexibility index (Phi) is 6.25. The first-order chi connectivity index (χ1) is 26.9. The molecule has 0 aliphatic heterocycles. The second-order valence-electron chi connectivity index (χ2n) is 14.3. The Morgan fingerprint density at radius 1 is 0.345 bits per heavy atom. The predicted molar refractivity (Wildman–Crippen MR) is 218 cm³/mol. The van der Waals surface area contributed by atoms with E-state index in [1.165, 1.54) is 22.3 Å². The molecule has 55 heavy (non-hydrogen) atoms. The van der Waals surface area contributed by atoms with Gasteiger partial charge in [0, 0.05) is 11.1 Å². The summed E-state index contributed by atoms with van der Waals surface area (Å²) >= 11 is 0. The van der Waals surface area contributed by atoms with Crippen LogP contribution in [0.15, 0.2) is 158 Å². The van der Waals surface area contributed by atoms with Crippen LogP contribution in [0.25, 0.3) is 54.6 Å². The van der Waals surface area contributed by atoms with Crippen molar-refractivity contribution in [3.63, 3.8) is 0 Å². The Labute approximate surface area is 315 Å². The summed E-state index contributed by atoms with van der Waals surface area (Å²) in [6, 6.07) is 53.9. The van der Waals surface area contributed by atoms with Crippen molar-refractivity contribution >= 4 is 49.4 Å². The van der Waals surface area contributed by atoms with Crippen LogP contribution in [0.2, 0.25) is 0 Å². The molecule has 0 saturated heterocycles. The van der Waals surface area contributed by atoms with Crippen molar-refractivity contribution in [3.8, 4) is 51.0 Å². The monoisotopic (exact) mass is 713 g/mol. The van der Waals surface area contributed by atoms with Gasteiger partial charge in [-0.3, -0.25) is 0 Å². The van der Waals surface area contributed by atoms with Crippen LogP contribution in [0.4, 0.5) is 17.1 Å². The second kappa shape index (κ2) is 11.0. The van der Waals surface area contributed by atoms with E-state index >= 15 is 0 Å². The summed E-state index contributed by atoms with van der Waals surface area (Å²) in [6.45, 7) is 0. The minimum absolute atomic E-state index is 0.282. The molecule has 6 nitrogen and oxygen atoms in total. The third-order valence-electron chi connectivity index (χ3n) is 11.8. The highest BCUT2D eigenvalue weighted by Crippen LogP contribution is 2.64. The summed E-state index contributed by atoms with van der Waals surface area (Å²) < 4.78 is 0. The third-order valence-corrected chi connectivity index (χ3v) is 11.8. The minimum atomic E-state index is -1.02. The molecule has 0 saturated carbocycles. The second-order valence-corrected chi connectivity index (χ2v) is 14.3. The van der Waals surface area contributed by atoms with Gasteiger partial charge in [0.25, 0.3) is 0 Å². The molecular formula is C49H31NO5. The molecule has 1 spiro atoms. The number of fused-ring (bicyclic) bond motifs is 16. The lowest BCUT2D eigenvalue weighted by Gasteiger charge is -2.32. The van der Waals surface area contributed by atoms with Crippen molar-refractivity contribution in [3.05, 3.63) is 180 Å². The average Bonchev–Trinajstić information content (AvgIpc) is 3.71. The molecule has 9 aromatic carbocycles. The van der Waals surface area contributed by atoms with Gasteiger partial charge < -0.3 is 30.4 Å². The van der Waals surface area contributed by atoms with Crippen LogP contribution in [0.1, 0.15) is 22.3 Å². The Balaban J connectivity index is 1.27. The molecule has 9 aromatic rings. The molecular weight excluding hydrogens is 683 g/mol. The Bertz CT molecular complexity index is 3010. The van der Waals surface area contributed by atoms with Gasteiger partial charge in [-0.25, -0.2) is 0 Å². The average molecular weight is 714 g/mol. The van der Waals surface area contributed by atoms with Crippen molar-refractivity contribution in [1.29, 1.82) is 0 Å². The fourth-order valence-corrected chi connectivity index (χ4v) is 9.62. The molecule has 0 amide bonds. The molecule has 0 aromatic heterocycles. The lowest BCUT2D eigenvalue weighted by atomic mass is 9.70. The molecule has 6 heteroatoms. The Morgan fingerprint density at radius 3 is 1.29 bits per heavy atom. The van der Waals surface area contributed by atoms with Gasteiger partial charge in [-0.15, -0.1) is 0 Å². The largest absolute Gasteiger partial charge is 0.503 e. The molecule has 11 rings (SSSR count). The van der Waals surface area contributed by atoms with Gasteiger partial charge in [-0.05, 0) is 89.6 Å².